The maximum absolute atomic E-state index is 12.4. The van der Waals surface area contributed by atoms with Crippen LogP contribution >= 0.6 is 11.3 Å². The summed E-state index contributed by atoms with van der Waals surface area (Å²) in [6.07, 6.45) is 1.44. The fourth-order valence-electron chi connectivity index (χ4n) is 1.76. The van der Waals surface area contributed by atoms with E-state index in [1.54, 1.807) is 29.5 Å². The van der Waals surface area contributed by atoms with Crippen LogP contribution in [-0.4, -0.2) is 49.1 Å². The second-order valence-electron chi connectivity index (χ2n) is 4.31. The molecule has 0 unspecified atom stereocenters. The molecule has 22 heavy (non-hydrogen) atoms. The maximum Gasteiger partial charge on any atom is 0.357 e. The Bertz CT molecular complexity index is 623. The maximum atomic E-state index is 12.4. The van der Waals surface area contributed by atoms with Crippen molar-refractivity contribution in [1.82, 2.24) is 9.88 Å². The van der Waals surface area contributed by atoms with E-state index in [2.05, 4.69) is 9.72 Å². The van der Waals surface area contributed by atoms with Crippen LogP contribution in [-0.2, 0) is 16.0 Å². The Morgan fingerprint density at radius 3 is 2.86 bits per heavy atom. The number of thiazole rings is 1. The summed E-state index contributed by atoms with van der Waals surface area (Å²) in [5.74, 6) is -0.499. The third-order valence-corrected chi connectivity index (χ3v) is 3.69. The standard InChI is InChI=1S/C14H16N2O5S/c1-19-7-5-16(13(17)11-4-3-6-21-11)8-12-15-10(9-22-12)14(18)20-2/h3-4,6,9H,5,7-8H2,1-2H3. The molecule has 2 aromatic heterocycles. The topological polar surface area (TPSA) is 81.9 Å². The number of hydrogen-bond acceptors (Lipinski definition) is 7. The van der Waals surface area contributed by atoms with Gasteiger partial charge in [-0.25, -0.2) is 9.78 Å². The molecule has 0 saturated carbocycles. The molecule has 2 aromatic rings. The van der Waals surface area contributed by atoms with Crippen molar-refractivity contribution in [3.05, 3.63) is 40.2 Å². The van der Waals surface area contributed by atoms with E-state index in [9.17, 15) is 9.59 Å². The summed E-state index contributed by atoms with van der Waals surface area (Å²) in [6.45, 7) is 1.05. The first kappa shape index (κ1) is 16.2. The van der Waals surface area contributed by atoms with Crippen molar-refractivity contribution in [1.29, 1.82) is 0 Å². The Hall–Kier alpha value is -2.19. The largest absolute Gasteiger partial charge is 0.464 e. The number of rotatable bonds is 7. The minimum atomic E-state index is -0.497. The van der Waals surface area contributed by atoms with Crippen LogP contribution in [0, 0.1) is 0 Å². The molecular weight excluding hydrogens is 308 g/mol. The molecule has 2 rings (SSSR count). The molecule has 0 aliphatic rings. The fraction of sp³-hybridized carbons (Fsp3) is 0.357. The van der Waals surface area contributed by atoms with Gasteiger partial charge >= 0.3 is 5.97 Å². The van der Waals surface area contributed by atoms with Crippen LogP contribution in [0.4, 0.5) is 0 Å². The zero-order valence-corrected chi connectivity index (χ0v) is 13.1. The zero-order chi connectivity index (χ0) is 15.9. The van der Waals surface area contributed by atoms with Gasteiger partial charge in [0, 0.05) is 19.0 Å². The SMILES string of the molecule is COCCN(Cc1nc(C(=O)OC)cs1)C(=O)c1ccco1. The van der Waals surface area contributed by atoms with Crippen LogP contribution in [0.5, 0.6) is 0 Å². The van der Waals surface area contributed by atoms with Crippen LogP contribution in [0.3, 0.4) is 0 Å². The smallest absolute Gasteiger partial charge is 0.357 e. The first-order valence-electron chi connectivity index (χ1n) is 6.50. The number of ether oxygens (including phenoxy) is 2. The lowest BCUT2D eigenvalue weighted by Gasteiger charge is -2.19. The van der Waals surface area contributed by atoms with Gasteiger partial charge in [0.2, 0.25) is 0 Å². The third kappa shape index (κ3) is 3.92. The molecule has 0 saturated heterocycles. The quantitative estimate of drug-likeness (QED) is 0.723. The lowest BCUT2D eigenvalue weighted by molar-refractivity contribution is 0.0594. The zero-order valence-electron chi connectivity index (χ0n) is 12.3. The lowest BCUT2D eigenvalue weighted by Crippen LogP contribution is -2.33. The van der Waals surface area contributed by atoms with Gasteiger partial charge in [-0.1, -0.05) is 0 Å². The molecule has 0 N–H and O–H groups in total. The fourth-order valence-corrected chi connectivity index (χ4v) is 2.53. The number of furan rings is 1. The molecule has 0 aliphatic carbocycles. The van der Waals surface area contributed by atoms with E-state index in [1.165, 1.54) is 24.7 Å². The minimum absolute atomic E-state index is 0.236. The molecule has 0 spiro atoms. The minimum Gasteiger partial charge on any atom is -0.464 e. The highest BCUT2D eigenvalue weighted by Crippen LogP contribution is 2.15. The van der Waals surface area contributed by atoms with Gasteiger partial charge in [0.15, 0.2) is 11.5 Å². The third-order valence-electron chi connectivity index (χ3n) is 2.86. The molecule has 118 valence electrons. The molecule has 0 radical (unpaired) electrons. The number of carbonyl (C=O) groups is 2. The van der Waals surface area contributed by atoms with Crippen molar-refractivity contribution >= 4 is 23.2 Å². The molecule has 0 atom stereocenters. The Balaban J connectivity index is 2.10. The summed E-state index contributed by atoms with van der Waals surface area (Å²) in [7, 11) is 2.86. The van der Waals surface area contributed by atoms with E-state index in [1.807, 2.05) is 0 Å². The molecule has 2 heterocycles. The van der Waals surface area contributed by atoms with Crippen LogP contribution in [0.1, 0.15) is 26.1 Å². The van der Waals surface area contributed by atoms with Crippen LogP contribution in [0.15, 0.2) is 28.2 Å². The summed E-state index contributed by atoms with van der Waals surface area (Å²) < 4.78 is 14.8. The van der Waals surface area contributed by atoms with E-state index >= 15 is 0 Å². The van der Waals surface area contributed by atoms with Gasteiger partial charge in [0.05, 0.1) is 26.5 Å². The molecule has 0 aromatic carbocycles. The predicted molar refractivity (Wildman–Crippen MR) is 78.8 cm³/mol. The van der Waals surface area contributed by atoms with Gasteiger partial charge in [-0.15, -0.1) is 11.3 Å². The van der Waals surface area contributed by atoms with E-state index in [0.29, 0.717) is 18.2 Å². The van der Waals surface area contributed by atoms with Crippen molar-refractivity contribution in [2.45, 2.75) is 6.54 Å². The number of hydrogen-bond donors (Lipinski definition) is 0. The second kappa shape index (κ2) is 7.71. The van der Waals surface area contributed by atoms with Crippen molar-refractivity contribution in [3.63, 3.8) is 0 Å². The van der Waals surface area contributed by atoms with Crippen LogP contribution in [0.25, 0.3) is 0 Å². The number of methoxy groups -OCH3 is 2. The summed E-state index contributed by atoms with van der Waals surface area (Å²) in [4.78, 5) is 29.5. The van der Waals surface area contributed by atoms with Crippen LogP contribution < -0.4 is 0 Å². The highest BCUT2D eigenvalue weighted by Gasteiger charge is 2.20. The number of amides is 1. The molecule has 0 fully saturated rings. The summed E-state index contributed by atoms with van der Waals surface area (Å²) >= 11 is 1.29. The Morgan fingerprint density at radius 1 is 1.41 bits per heavy atom. The van der Waals surface area contributed by atoms with Crippen molar-refractivity contribution < 1.29 is 23.5 Å². The first-order valence-corrected chi connectivity index (χ1v) is 7.38. The highest BCUT2D eigenvalue weighted by atomic mass is 32.1. The van der Waals surface area contributed by atoms with Gasteiger partial charge in [0.25, 0.3) is 5.91 Å². The molecule has 0 aliphatic heterocycles. The van der Waals surface area contributed by atoms with Crippen molar-refractivity contribution in [2.75, 3.05) is 27.4 Å². The Labute approximate surface area is 131 Å². The number of aromatic nitrogens is 1. The first-order chi connectivity index (χ1) is 10.7. The molecule has 8 heteroatoms. The van der Waals surface area contributed by atoms with E-state index in [-0.39, 0.29) is 23.9 Å². The number of nitrogens with zero attached hydrogens (tertiary/aromatic N) is 2. The number of carbonyl (C=O) groups excluding carboxylic acids is 2. The van der Waals surface area contributed by atoms with E-state index in [0.717, 1.165) is 0 Å². The summed E-state index contributed by atoms with van der Waals surface area (Å²) in [5.41, 5.74) is 0.236. The monoisotopic (exact) mass is 324 g/mol. The molecule has 0 bridgehead atoms. The molecular formula is C14H16N2O5S. The average Bonchev–Trinajstić information content (AvgIpc) is 3.21. The van der Waals surface area contributed by atoms with Crippen LogP contribution in [0.2, 0.25) is 0 Å². The second-order valence-corrected chi connectivity index (χ2v) is 5.26. The van der Waals surface area contributed by atoms with Crippen molar-refractivity contribution in [3.8, 4) is 0 Å². The van der Waals surface area contributed by atoms with Gasteiger partial charge in [-0.3, -0.25) is 4.79 Å². The van der Waals surface area contributed by atoms with E-state index < -0.39 is 5.97 Å². The van der Waals surface area contributed by atoms with Crippen molar-refractivity contribution in [2.24, 2.45) is 0 Å². The molecule has 1 amide bonds. The van der Waals surface area contributed by atoms with Gasteiger partial charge in [-0.05, 0) is 12.1 Å². The number of esters is 1. The normalized spacial score (nSPS) is 10.5. The Morgan fingerprint density at radius 2 is 2.23 bits per heavy atom. The summed E-state index contributed by atoms with van der Waals surface area (Å²) in [6, 6.07) is 3.25. The Kier molecular flexibility index (Phi) is 5.68. The lowest BCUT2D eigenvalue weighted by atomic mass is 10.3. The summed E-state index contributed by atoms with van der Waals surface area (Å²) in [5, 5.41) is 2.24. The predicted octanol–water partition coefficient (Wildman–Crippen LogP) is 1.81. The van der Waals surface area contributed by atoms with E-state index in [4.69, 9.17) is 9.15 Å². The van der Waals surface area contributed by atoms with Gasteiger partial charge < -0.3 is 18.8 Å². The van der Waals surface area contributed by atoms with Gasteiger partial charge in [0.1, 0.15) is 5.01 Å². The average molecular weight is 324 g/mol. The van der Waals surface area contributed by atoms with Gasteiger partial charge in [-0.2, -0.15) is 0 Å². The highest BCUT2D eigenvalue weighted by molar-refractivity contribution is 7.09. The molecule has 7 nitrogen and oxygen atoms in total.